The molecule has 0 bridgehead atoms. The Morgan fingerprint density at radius 3 is 2.88 bits per heavy atom. The second-order valence-electron chi connectivity index (χ2n) is 4.76. The number of carbonyl (C=O) groups is 1. The van der Waals surface area contributed by atoms with Gasteiger partial charge in [-0.3, -0.25) is 0 Å². The van der Waals surface area contributed by atoms with Gasteiger partial charge in [-0.15, -0.1) is 10.2 Å². The minimum atomic E-state index is -0.477. The summed E-state index contributed by atoms with van der Waals surface area (Å²) in [6.45, 7) is 0.709. The summed E-state index contributed by atoms with van der Waals surface area (Å²) >= 11 is 2.99. The summed E-state index contributed by atoms with van der Waals surface area (Å²) in [6, 6.07) is 13.5. The fourth-order valence-electron chi connectivity index (χ4n) is 1.91. The number of carbonyl (C=O) groups excluding carboxylic acids is 1. The molecular weight excluding hydrogens is 346 g/mol. The number of thioether (sulfide) groups is 1. The molecule has 2 aromatic heterocycles. The third kappa shape index (κ3) is 4.36. The van der Waals surface area contributed by atoms with Gasteiger partial charge in [0, 0.05) is 6.54 Å². The number of hydrogen-bond donors (Lipinski definition) is 1. The molecule has 0 aliphatic heterocycles. The summed E-state index contributed by atoms with van der Waals surface area (Å²) in [6.07, 6.45) is 0. The summed E-state index contributed by atoms with van der Waals surface area (Å²) in [5, 5.41) is 12.3. The van der Waals surface area contributed by atoms with E-state index in [0.717, 1.165) is 9.47 Å². The van der Waals surface area contributed by atoms with Crippen LogP contribution in [0.15, 0.2) is 51.2 Å². The summed E-state index contributed by atoms with van der Waals surface area (Å²) in [7, 11) is 1.32. The molecule has 0 fully saturated rings. The fraction of sp³-hybridized carbons (Fsp3) is 0.188. The van der Waals surface area contributed by atoms with E-state index in [1.807, 2.05) is 18.2 Å². The van der Waals surface area contributed by atoms with Crippen LogP contribution in [0.2, 0.25) is 0 Å². The molecule has 0 aliphatic carbocycles. The monoisotopic (exact) mass is 361 g/mol. The number of furan rings is 1. The van der Waals surface area contributed by atoms with Crippen LogP contribution in [0.1, 0.15) is 21.9 Å². The zero-order chi connectivity index (χ0) is 16.8. The first-order valence-corrected chi connectivity index (χ1v) is 8.96. The number of aromatic nitrogens is 2. The molecule has 6 nitrogen and oxygen atoms in total. The number of benzene rings is 1. The van der Waals surface area contributed by atoms with E-state index in [4.69, 9.17) is 4.42 Å². The van der Waals surface area contributed by atoms with Crippen molar-refractivity contribution in [1.82, 2.24) is 10.2 Å². The van der Waals surface area contributed by atoms with Gasteiger partial charge in [0.1, 0.15) is 5.76 Å². The van der Waals surface area contributed by atoms with E-state index < -0.39 is 5.97 Å². The van der Waals surface area contributed by atoms with Crippen molar-refractivity contribution in [1.29, 1.82) is 0 Å². The smallest absolute Gasteiger partial charge is 0.373 e. The standard InChI is InChI=1S/C16H15N3O3S2/c1-21-14(20)13-8-7-12(22-13)10-23-16-19-18-15(24-16)17-9-11-5-3-2-4-6-11/h2-8H,9-10H2,1H3,(H,17,18). The van der Waals surface area contributed by atoms with Crippen LogP contribution in [0.4, 0.5) is 5.13 Å². The van der Waals surface area contributed by atoms with Crippen molar-refractivity contribution in [3.63, 3.8) is 0 Å². The van der Waals surface area contributed by atoms with Gasteiger partial charge in [-0.1, -0.05) is 53.4 Å². The van der Waals surface area contributed by atoms with E-state index in [1.165, 1.54) is 35.8 Å². The summed E-state index contributed by atoms with van der Waals surface area (Å²) in [4.78, 5) is 11.3. The van der Waals surface area contributed by atoms with Crippen molar-refractivity contribution in [3.05, 3.63) is 59.5 Å². The Hall–Kier alpha value is -2.32. The third-order valence-corrected chi connectivity index (χ3v) is 5.12. The molecule has 0 spiro atoms. The second-order valence-corrected chi connectivity index (χ2v) is 6.96. The molecule has 0 radical (unpaired) electrons. The lowest BCUT2D eigenvalue weighted by atomic mass is 10.2. The zero-order valence-corrected chi connectivity index (χ0v) is 14.5. The largest absolute Gasteiger partial charge is 0.463 e. The van der Waals surface area contributed by atoms with Gasteiger partial charge >= 0.3 is 5.97 Å². The minimum absolute atomic E-state index is 0.204. The Labute approximate surface area is 147 Å². The van der Waals surface area contributed by atoms with Gasteiger partial charge in [-0.25, -0.2) is 4.79 Å². The van der Waals surface area contributed by atoms with Gasteiger partial charge in [0.05, 0.1) is 12.9 Å². The van der Waals surface area contributed by atoms with Crippen LogP contribution >= 0.6 is 23.1 Å². The number of esters is 1. The maximum absolute atomic E-state index is 11.3. The summed E-state index contributed by atoms with van der Waals surface area (Å²) in [5.74, 6) is 0.990. The number of nitrogens with zero attached hydrogens (tertiary/aromatic N) is 2. The molecule has 1 N–H and O–H groups in total. The van der Waals surface area contributed by atoms with E-state index in [1.54, 1.807) is 12.1 Å². The van der Waals surface area contributed by atoms with Crippen LogP contribution in [0.5, 0.6) is 0 Å². The lowest BCUT2D eigenvalue weighted by molar-refractivity contribution is 0.0563. The Morgan fingerprint density at radius 1 is 1.25 bits per heavy atom. The average Bonchev–Trinajstić information content (AvgIpc) is 3.28. The molecule has 8 heteroatoms. The molecule has 0 atom stereocenters. The molecule has 2 heterocycles. The Kier molecular flexibility index (Phi) is 5.50. The second kappa shape index (κ2) is 7.98. The predicted molar refractivity (Wildman–Crippen MR) is 93.3 cm³/mol. The molecule has 1 aromatic carbocycles. The van der Waals surface area contributed by atoms with Crippen molar-refractivity contribution < 1.29 is 13.9 Å². The van der Waals surface area contributed by atoms with Crippen molar-refractivity contribution in [2.24, 2.45) is 0 Å². The normalized spacial score (nSPS) is 10.5. The van der Waals surface area contributed by atoms with Crippen molar-refractivity contribution in [3.8, 4) is 0 Å². The van der Waals surface area contributed by atoms with Crippen LogP contribution in [-0.4, -0.2) is 23.3 Å². The van der Waals surface area contributed by atoms with E-state index >= 15 is 0 Å². The molecule has 0 amide bonds. The molecule has 0 saturated heterocycles. The first-order valence-electron chi connectivity index (χ1n) is 7.16. The zero-order valence-electron chi connectivity index (χ0n) is 12.9. The summed E-state index contributed by atoms with van der Waals surface area (Å²) in [5.41, 5.74) is 1.19. The van der Waals surface area contributed by atoms with Crippen molar-refractivity contribution in [2.75, 3.05) is 12.4 Å². The molecule has 0 unspecified atom stereocenters. The van der Waals surface area contributed by atoms with Crippen molar-refractivity contribution in [2.45, 2.75) is 16.6 Å². The fourth-order valence-corrected chi connectivity index (χ4v) is 3.55. The molecule has 124 valence electrons. The molecule has 3 rings (SSSR count). The predicted octanol–water partition coefficient (Wildman–Crippen LogP) is 3.82. The number of anilines is 1. The Morgan fingerprint density at radius 2 is 2.08 bits per heavy atom. The van der Waals surface area contributed by atoms with Gasteiger partial charge < -0.3 is 14.5 Å². The van der Waals surface area contributed by atoms with Gasteiger partial charge in [0.15, 0.2) is 4.34 Å². The quantitative estimate of drug-likeness (QED) is 0.506. The van der Waals surface area contributed by atoms with Crippen LogP contribution < -0.4 is 5.32 Å². The Bertz CT molecular complexity index is 802. The first-order chi connectivity index (χ1) is 11.7. The molecule has 24 heavy (non-hydrogen) atoms. The van der Waals surface area contributed by atoms with Crippen LogP contribution in [-0.2, 0) is 17.0 Å². The average molecular weight is 361 g/mol. The van der Waals surface area contributed by atoms with E-state index in [2.05, 4.69) is 32.4 Å². The number of rotatable bonds is 7. The molecular formula is C16H15N3O3S2. The first kappa shape index (κ1) is 16.5. The highest BCUT2D eigenvalue weighted by Crippen LogP contribution is 2.29. The Balaban J connectivity index is 1.51. The number of ether oxygens (including phenoxy) is 1. The van der Waals surface area contributed by atoms with E-state index in [9.17, 15) is 4.79 Å². The van der Waals surface area contributed by atoms with E-state index in [-0.39, 0.29) is 5.76 Å². The SMILES string of the molecule is COC(=O)c1ccc(CSc2nnc(NCc3ccccc3)s2)o1. The van der Waals surface area contributed by atoms with Gasteiger partial charge in [0.2, 0.25) is 10.9 Å². The molecule has 0 saturated carbocycles. The number of methoxy groups -OCH3 is 1. The van der Waals surface area contributed by atoms with E-state index in [0.29, 0.717) is 18.1 Å². The molecule has 3 aromatic rings. The highest BCUT2D eigenvalue weighted by Gasteiger charge is 2.12. The number of hydrogen-bond acceptors (Lipinski definition) is 8. The van der Waals surface area contributed by atoms with Gasteiger partial charge in [-0.05, 0) is 17.7 Å². The van der Waals surface area contributed by atoms with Crippen LogP contribution in [0.25, 0.3) is 0 Å². The van der Waals surface area contributed by atoms with Gasteiger partial charge in [-0.2, -0.15) is 0 Å². The van der Waals surface area contributed by atoms with Crippen molar-refractivity contribution >= 4 is 34.2 Å². The minimum Gasteiger partial charge on any atom is -0.463 e. The molecule has 0 aliphatic rings. The maximum atomic E-state index is 11.3. The lowest BCUT2D eigenvalue weighted by Crippen LogP contribution is -1.98. The highest BCUT2D eigenvalue weighted by atomic mass is 32.2. The van der Waals surface area contributed by atoms with Crippen LogP contribution in [0, 0.1) is 0 Å². The maximum Gasteiger partial charge on any atom is 0.373 e. The third-order valence-electron chi connectivity index (χ3n) is 3.08. The highest BCUT2D eigenvalue weighted by molar-refractivity contribution is 8.00. The summed E-state index contributed by atoms with van der Waals surface area (Å²) < 4.78 is 10.9. The van der Waals surface area contributed by atoms with Crippen LogP contribution in [0.3, 0.4) is 0 Å². The lowest BCUT2D eigenvalue weighted by Gasteiger charge is -2.00. The van der Waals surface area contributed by atoms with Gasteiger partial charge in [0.25, 0.3) is 0 Å². The topological polar surface area (TPSA) is 77.2 Å². The number of nitrogens with one attached hydrogen (secondary N) is 1.